The Labute approximate surface area is 516 Å². The number of carbonyl (C=O) groups excluding carboxylic acids is 3. The van der Waals surface area contributed by atoms with Gasteiger partial charge in [-0.05, 0) is 70.6 Å². The van der Waals surface area contributed by atoms with E-state index in [4.69, 9.17) is 14.2 Å². The van der Waals surface area contributed by atoms with Crippen LogP contribution in [0.4, 0.5) is 0 Å². The summed E-state index contributed by atoms with van der Waals surface area (Å²) in [6.45, 7) is 6.55. The van der Waals surface area contributed by atoms with E-state index in [1.807, 2.05) is 0 Å². The smallest absolute Gasteiger partial charge is 0.306 e. The quantitative estimate of drug-likeness (QED) is 0.0261. The Morgan fingerprint density at radius 1 is 0.253 bits per heavy atom. The van der Waals surface area contributed by atoms with Gasteiger partial charge in [0.25, 0.3) is 0 Å². The first-order valence-electron chi connectivity index (χ1n) is 36.4. The van der Waals surface area contributed by atoms with Gasteiger partial charge in [-0.2, -0.15) is 0 Å². The van der Waals surface area contributed by atoms with Gasteiger partial charge in [0.15, 0.2) is 6.10 Å². The van der Waals surface area contributed by atoms with Gasteiger partial charge in [0.2, 0.25) is 0 Å². The summed E-state index contributed by atoms with van der Waals surface area (Å²) in [5, 5.41) is 0. The molecule has 1 atom stereocenters. The van der Waals surface area contributed by atoms with E-state index in [2.05, 4.69) is 93.7 Å². The first kappa shape index (κ1) is 79.8. The van der Waals surface area contributed by atoms with Crippen molar-refractivity contribution in [3.05, 3.63) is 72.9 Å². The molecule has 482 valence electrons. The van der Waals surface area contributed by atoms with Crippen LogP contribution in [0.25, 0.3) is 0 Å². The standard InChI is InChI=1S/C77H138O6/c1-4-7-10-13-16-18-20-22-24-26-28-30-32-33-34-35-36-37-38-39-40-41-42-43-45-46-48-50-52-54-56-58-61-64-67-70-76(79)82-73-74(72-81-75(78)69-66-63-60-15-12-9-6-3)83-77(80)71-68-65-62-59-57-55-53-51-49-47-44-31-29-27-25-23-21-19-17-14-11-8-5-2/h7,10,16,18,22,24,28,30,33-34,36-37,74H,4-6,8-9,11-15,17,19-21,23,25-27,29,31-32,35,38-73H2,1-3H3/b10-7-,18-16-,24-22-,30-28-,34-33-,37-36-. The van der Waals surface area contributed by atoms with Gasteiger partial charge in [0.1, 0.15) is 13.2 Å². The van der Waals surface area contributed by atoms with Crippen LogP contribution in [-0.4, -0.2) is 37.2 Å². The third-order valence-corrected chi connectivity index (χ3v) is 16.2. The number of hydrogen-bond donors (Lipinski definition) is 0. The zero-order valence-electron chi connectivity index (χ0n) is 55.5. The number of esters is 3. The fraction of sp³-hybridized carbons (Fsp3) is 0.805. The molecule has 0 spiro atoms. The largest absolute Gasteiger partial charge is 0.462 e. The highest BCUT2D eigenvalue weighted by Gasteiger charge is 2.19. The Bertz CT molecular complexity index is 1520. The summed E-state index contributed by atoms with van der Waals surface area (Å²) in [5.41, 5.74) is 0. The summed E-state index contributed by atoms with van der Waals surface area (Å²) in [4.78, 5) is 38.2. The molecule has 0 saturated heterocycles. The number of rotatable bonds is 67. The molecule has 6 heteroatoms. The van der Waals surface area contributed by atoms with Crippen molar-refractivity contribution in [3.63, 3.8) is 0 Å². The third-order valence-electron chi connectivity index (χ3n) is 16.2. The lowest BCUT2D eigenvalue weighted by Gasteiger charge is -2.18. The fourth-order valence-corrected chi connectivity index (χ4v) is 10.8. The number of hydrogen-bond acceptors (Lipinski definition) is 6. The molecule has 0 fully saturated rings. The molecule has 0 aromatic rings. The SMILES string of the molecule is CC/C=C\C/C=C\C/C=C\C/C=C\C/C=C\C/C=C\CCCCCCCCCCCCCCCCCCC(=O)OCC(COC(=O)CCCCCCCCC)OC(=O)CCCCCCCCCCCCCCCCCCCCCCCCC. The predicted octanol–water partition coefficient (Wildman–Crippen LogP) is 25.2. The first-order valence-corrected chi connectivity index (χ1v) is 36.4. The molecule has 0 aliphatic rings. The molecule has 0 heterocycles. The van der Waals surface area contributed by atoms with Crippen molar-refractivity contribution < 1.29 is 28.6 Å². The van der Waals surface area contributed by atoms with E-state index in [9.17, 15) is 14.4 Å². The average Bonchev–Trinajstić information content (AvgIpc) is 3.49. The van der Waals surface area contributed by atoms with Crippen molar-refractivity contribution in [1.82, 2.24) is 0 Å². The second-order valence-electron chi connectivity index (χ2n) is 24.5. The lowest BCUT2D eigenvalue weighted by molar-refractivity contribution is -0.167. The highest BCUT2D eigenvalue weighted by molar-refractivity contribution is 5.71. The van der Waals surface area contributed by atoms with Gasteiger partial charge < -0.3 is 14.2 Å². The maximum absolute atomic E-state index is 12.9. The number of allylic oxidation sites excluding steroid dienone is 12. The molecule has 0 aliphatic carbocycles. The van der Waals surface area contributed by atoms with Gasteiger partial charge in [-0.1, -0.05) is 363 Å². The predicted molar refractivity (Wildman–Crippen MR) is 362 cm³/mol. The fourth-order valence-electron chi connectivity index (χ4n) is 10.8. The molecule has 83 heavy (non-hydrogen) atoms. The van der Waals surface area contributed by atoms with E-state index in [0.717, 1.165) is 96.3 Å². The van der Waals surface area contributed by atoms with Gasteiger partial charge in [-0.15, -0.1) is 0 Å². The van der Waals surface area contributed by atoms with Gasteiger partial charge >= 0.3 is 17.9 Å². The van der Waals surface area contributed by atoms with Crippen LogP contribution < -0.4 is 0 Å². The topological polar surface area (TPSA) is 78.9 Å². The minimum absolute atomic E-state index is 0.0684. The summed E-state index contributed by atoms with van der Waals surface area (Å²) in [7, 11) is 0. The molecule has 0 aliphatic heterocycles. The third kappa shape index (κ3) is 69.5. The molecule has 0 rings (SSSR count). The second kappa shape index (κ2) is 71.3. The molecule has 6 nitrogen and oxygen atoms in total. The van der Waals surface area contributed by atoms with E-state index in [1.165, 1.54) is 244 Å². The zero-order chi connectivity index (χ0) is 59.9. The van der Waals surface area contributed by atoms with E-state index in [1.54, 1.807) is 0 Å². The zero-order valence-corrected chi connectivity index (χ0v) is 55.5. The molecule has 1 unspecified atom stereocenters. The van der Waals surface area contributed by atoms with Crippen LogP contribution in [-0.2, 0) is 28.6 Å². The number of ether oxygens (including phenoxy) is 3. The Kier molecular flexibility index (Phi) is 68.6. The van der Waals surface area contributed by atoms with Crippen molar-refractivity contribution in [3.8, 4) is 0 Å². The monoisotopic (exact) mass is 1160 g/mol. The van der Waals surface area contributed by atoms with Gasteiger partial charge in [0, 0.05) is 19.3 Å². The number of unbranched alkanes of at least 4 members (excludes halogenated alkanes) is 44. The van der Waals surface area contributed by atoms with Crippen LogP contribution in [0.1, 0.15) is 380 Å². The van der Waals surface area contributed by atoms with E-state index in [0.29, 0.717) is 19.3 Å². The summed E-state index contributed by atoms with van der Waals surface area (Å²) < 4.78 is 16.9. The summed E-state index contributed by atoms with van der Waals surface area (Å²) in [5.74, 6) is -0.850. The van der Waals surface area contributed by atoms with Crippen molar-refractivity contribution in [1.29, 1.82) is 0 Å². The molecule has 0 aromatic carbocycles. The molecule has 0 radical (unpaired) electrons. The molecular formula is C77H138O6. The molecule has 0 bridgehead atoms. The lowest BCUT2D eigenvalue weighted by Crippen LogP contribution is -2.30. The highest BCUT2D eigenvalue weighted by atomic mass is 16.6. The van der Waals surface area contributed by atoms with Crippen molar-refractivity contribution in [2.75, 3.05) is 13.2 Å². The Morgan fingerprint density at radius 2 is 0.470 bits per heavy atom. The molecule has 0 aromatic heterocycles. The maximum Gasteiger partial charge on any atom is 0.306 e. The van der Waals surface area contributed by atoms with Crippen LogP contribution in [0.3, 0.4) is 0 Å². The Balaban J connectivity index is 4.00. The van der Waals surface area contributed by atoms with Crippen LogP contribution in [0.5, 0.6) is 0 Å². The minimum atomic E-state index is -0.769. The van der Waals surface area contributed by atoms with Crippen LogP contribution in [0.15, 0.2) is 72.9 Å². The average molecular weight is 1160 g/mol. The van der Waals surface area contributed by atoms with Gasteiger partial charge in [-0.25, -0.2) is 0 Å². The summed E-state index contributed by atoms with van der Waals surface area (Å²) in [6.07, 6.45) is 94.0. The molecule has 0 saturated carbocycles. The van der Waals surface area contributed by atoms with E-state index >= 15 is 0 Å². The number of carbonyl (C=O) groups is 3. The highest BCUT2D eigenvalue weighted by Crippen LogP contribution is 2.19. The lowest BCUT2D eigenvalue weighted by atomic mass is 10.0. The maximum atomic E-state index is 12.9. The van der Waals surface area contributed by atoms with Crippen molar-refractivity contribution in [2.24, 2.45) is 0 Å². The van der Waals surface area contributed by atoms with Gasteiger partial charge in [-0.3, -0.25) is 14.4 Å². The second-order valence-corrected chi connectivity index (χ2v) is 24.5. The Morgan fingerprint density at radius 3 is 0.735 bits per heavy atom. The Hall–Kier alpha value is -3.15. The van der Waals surface area contributed by atoms with Gasteiger partial charge in [0.05, 0.1) is 0 Å². The minimum Gasteiger partial charge on any atom is -0.462 e. The van der Waals surface area contributed by atoms with E-state index in [-0.39, 0.29) is 31.1 Å². The van der Waals surface area contributed by atoms with Crippen LogP contribution in [0, 0.1) is 0 Å². The van der Waals surface area contributed by atoms with Crippen molar-refractivity contribution >= 4 is 17.9 Å². The molecule has 0 N–H and O–H groups in total. The van der Waals surface area contributed by atoms with E-state index < -0.39 is 6.10 Å². The van der Waals surface area contributed by atoms with Crippen molar-refractivity contribution in [2.45, 2.75) is 386 Å². The normalized spacial score (nSPS) is 12.5. The first-order chi connectivity index (χ1) is 41.0. The molecule has 0 amide bonds. The summed E-state index contributed by atoms with van der Waals surface area (Å²) >= 11 is 0. The molecular weight excluding hydrogens is 1020 g/mol. The van der Waals surface area contributed by atoms with Crippen LogP contribution in [0.2, 0.25) is 0 Å². The summed E-state index contributed by atoms with van der Waals surface area (Å²) in [6, 6.07) is 0. The van der Waals surface area contributed by atoms with Crippen LogP contribution >= 0.6 is 0 Å².